The summed E-state index contributed by atoms with van der Waals surface area (Å²) >= 11 is 0. The number of Topliss-reactive ketones (excluding diaryl/α,β-unsaturated/α-hetero) is 1. The Balaban J connectivity index is 1.79. The first-order valence-electron chi connectivity index (χ1n) is 8.58. The molecule has 0 bridgehead atoms. The van der Waals surface area contributed by atoms with Crippen LogP contribution in [0.25, 0.3) is 0 Å². The monoisotopic (exact) mass is 422 g/mol. The lowest BCUT2D eigenvalue weighted by Crippen LogP contribution is -2.31. The maximum Gasteiger partial charge on any atom is 0.416 e. The zero-order valence-electron chi connectivity index (χ0n) is 15.7. The van der Waals surface area contributed by atoms with Crippen LogP contribution in [0.2, 0.25) is 0 Å². The molecule has 0 fully saturated rings. The second-order valence-electron chi connectivity index (χ2n) is 6.10. The molecule has 0 saturated heterocycles. The van der Waals surface area contributed by atoms with Crippen molar-refractivity contribution in [1.29, 1.82) is 0 Å². The quantitative estimate of drug-likeness (QED) is 0.528. The molecule has 7 nitrogen and oxygen atoms in total. The van der Waals surface area contributed by atoms with Crippen molar-refractivity contribution in [3.63, 3.8) is 0 Å². The number of carbonyl (C=O) groups is 4. The molecule has 2 amide bonds. The van der Waals surface area contributed by atoms with Crippen LogP contribution >= 0.6 is 0 Å². The largest absolute Gasteiger partial charge is 0.456 e. The van der Waals surface area contributed by atoms with Gasteiger partial charge in [-0.3, -0.25) is 19.2 Å². The molecular formula is C20H17F3N2O5. The number of rotatable bonds is 7. The second-order valence-corrected chi connectivity index (χ2v) is 6.10. The lowest BCUT2D eigenvalue weighted by molar-refractivity contribution is -0.141. The van der Waals surface area contributed by atoms with Gasteiger partial charge >= 0.3 is 12.1 Å². The molecule has 158 valence electrons. The first-order valence-corrected chi connectivity index (χ1v) is 8.58. The van der Waals surface area contributed by atoms with Gasteiger partial charge in [-0.05, 0) is 48.5 Å². The molecule has 0 aromatic heterocycles. The zero-order valence-corrected chi connectivity index (χ0v) is 15.7. The third-order valence-corrected chi connectivity index (χ3v) is 3.76. The van der Waals surface area contributed by atoms with E-state index in [1.807, 2.05) is 0 Å². The molecular weight excluding hydrogens is 405 g/mol. The van der Waals surface area contributed by atoms with E-state index in [9.17, 15) is 32.3 Å². The fourth-order valence-corrected chi connectivity index (χ4v) is 2.29. The maximum atomic E-state index is 12.5. The van der Waals surface area contributed by atoms with Gasteiger partial charge in [0.1, 0.15) is 6.54 Å². The van der Waals surface area contributed by atoms with Crippen LogP contribution in [0.15, 0.2) is 48.5 Å². The van der Waals surface area contributed by atoms with Gasteiger partial charge in [-0.15, -0.1) is 0 Å². The summed E-state index contributed by atoms with van der Waals surface area (Å²) in [5.74, 6) is -2.41. The number of ketones is 1. The van der Waals surface area contributed by atoms with E-state index in [4.69, 9.17) is 4.74 Å². The highest BCUT2D eigenvalue weighted by molar-refractivity contribution is 5.99. The number of anilines is 1. The van der Waals surface area contributed by atoms with Crippen molar-refractivity contribution in [3.8, 4) is 0 Å². The van der Waals surface area contributed by atoms with Crippen LogP contribution in [0.1, 0.15) is 33.2 Å². The molecule has 10 heteroatoms. The predicted molar refractivity (Wildman–Crippen MR) is 99.8 cm³/mol. The highest BCUT2D eigenvalue weighted by atomic mass is 19.4. The Hall–Kier alpha value is -3.69. The van der Waals surface area contributed by atoms with Gasteiger partial charge in [-0.25, -0.2) is 0 Å². The summed E-state index contributed by atoms with van der Waals surface area (Å²) in [4.78, 5) is 46.5. The topological polar surface area (TPSA) is 102 Å². The Kier molecular flexibility index (Phi) is 7.29. The molecule has 2 rings (SSSR count). The van der Waals surface area contributed by atoms with Crippen LogP contribution in [0, 0.1) is 0 Å². The highest BCUT2D eigenvalue weighted by Gasteiger charge is 2.30. The van der Waals surface area contributed by atoms with Gasteiger partial charge in [-0.2, -0.15) is 13.2 Å². The number of carbonyl (C=O) groups excluding carboxylic acids is 4. The van der Waals surface area contributed by atoms with Gasteiger partial charge in [0, 0.05) is 23.7 Å². The van der Waals surface area contributed by atoms with Crippen molar-refractivity contribution in [3.05, 3.63) is 65.2 Å². The van der Waals surface area contributed by atoms with Crippen molar-refractivity contribution in [2.45, 2.75) is 13.1 Å². The molecule has 0 spiro atoms. The fraction of sp³-hybridized carbons (Fsp3) is 0.200. The molecule has 2 aromatic carbocycles. The maximum absolute atomic E-state index is 12.5. The van der Waals surface area contributed by atoms with Gasteiger partial charge in [0.15, 0.2) is 12.4 Å². The minimum atomic E-state index is -4.52. The minimum absolute atomic E-state index is 0.0638. The first-order chi connectivity index (χ1) is 14.1. The molecule has 0 radical (unpaired) electrons. The number of hydrogen-bond donors (Lipinski definition) is 2. The van der Waals surface area contributed by atoms with E-state index in [0.717, 1.165) is 24.3 Å². The molecule has 0 aliphatic carbocycles. The Bertz CT molecular complexity index is 938. The summed E-state index contributed by atoms with van der Waals surface area (Å²) in [5, 5.41) is 4.74. The van der Waals surface area contributed by atoms with Crippen molar-refractivity contribution in [1.82, 2.24) is 5.32 Å². The van der Waals surface area contributed by atoms with Crippen LogP contribution in [-0.4, -0.2) is 36.7 Å². The first kappa shape index (κ1) is 22.6. The van der Waals surface area contributed by atoms with Crippen LogP contribution in [0.5, 0.6) is 0 Å². The Morgan fingerprint density at radius 3 is 2.00 bits per heavy atom. The van der Waals surface area contributed by atoms with Crippen LogP contribution in [0.4, 0.5) is 18.9 Å². The highest BCUT2D eigenvalue weighted by Crippen LogP contribution is 2.29. The Morgan fingerprint density at radius 1 is 0.900 bits per heavy atom. The van der Waals surface area contributed by atoms with Crippen LogP contribution in [-0.2, 0) is 20.5 Å². The summed E-state index contributed by atoms with van der Waals surface area (Å²) in [7, 11) is 0. The molecule has 0 atom stereocenters. The number of amides is 2. The van der Waals surface area contributed by atoms with Crippen LogP contribution in [0.3, 0.4) is 0 Å². The standard InChI is InChI=1S/C20H17F3N2O5/c1-12(26)25-16-8-4-13(5-9-16)17(27)11-30-18(28)10-24-19(29)14-2-6-15(7-3-14)20(21,22)23/h2-9H,10-11H2,1H3,(H,24,29)(H,25,26). The van der Waals surface area contributed by atoms with Crippen molar-refractivity contribution < 1.29 is 37.1 Å². The normalized spacial score (nSPS) is 10.8. The van der Waals surface area contributed by atoms with E-state index in [-0.39, 0.29) is 17.0 Å². The average molecular weight is 422 g/mol. The number of alkyl halides is 3. The summed E-state index contributed by atoms with van der Waals surface area (Å²) in [6, 6.07) is 9.41. The molecule has 0 aliphatic rings. The number of hydrogen-bond acceptors (Lipinski definition) is 5. The Morgan fingerprint density at radius 2 is 1.47 bits per heavy atom. The summed E-state index contributed by atoms with van der Waals surface area (Å²) in [5.41, 5.74) is -0.207. The third-order valence-electron chi connectivity index (χ3n) is 3.76. The fourth-order valence-electron chi connectivity index (χ4n) is 2.29. The SMILES string of the molecule is CC(=O)Nc1ccc(C(=O)COC(=O)CNC(=O)c2ccc(C(F)(F)F)cc2)cc1. The van der Waals surface area contributed by atoms with E-state index in [1.165, 1.54) is 31.2 Å². The van der Waals surface area contributed by atoms with Crippen molar-refractivity contribution in [2.75, 3.05) is 18.5 Å². The van der Waals surface area contributed by atoms with E-state index < -0.39 is 42.6 Å². The van der Waals surface area contributed by atoms with Crippen LogP contribution < -0.4 is 10.6 Å². The van der Waals surface area contributed by atoms with Crippen molar-refractivity contribution in [2.24, 2.45) is 0 Å². The van der Waals surface area contributed by atoms with E-state index in [0.29, 0.717) is 5.69 Å². The molecule has 0 saturated carbocycles. The molecule has 2 N–H and O–H groups in total. The number of ether oxygens (including phenoxy) is 1. The summed E-state index contributed by atoms with van der Waals surface area (Å²) in [6.07, 6.45) is -4.52. The second kappa shape index (κ2) is 9.68. The lowest BCUT2D eigenvalue weighted by atomic mass is 10.1. The summed E-state index contributed by atoms with van der Waals surface area (Å²) < 4.78 is 42.3. The number of esters is 1. The average Bonchev–Trinajstić information content (AvgIpc) is 2.69. The molecule has 0 unspecified atom stereocenters. The summed E-state index contributed by atoms with van der Waals surface area (Å²) in [6.45, 7) is 0.220. The lowest BCUT2D eigenvalue weighted by Gasteiger charge is -2.09. The van der Waals surface area contributed by atoms with Gasteiger partial charge in [0.05, 0.1) is 5.56 Å². The number of halogens is 3. The van der Waals surface area contributed by atoms with E-state index in [1.54, 1.807) is 0 Å². The zero-order chi connectivity index (χ0) is 22.3. The molecule has 2 aromatic rings. The number of nitrogens with one attached hydrogen (secondary N) is 2. The van der Waals surface area contributed by atoms with Gasteiger partial charge < -0.3 is 15.4 Å². The predicted octanol–water partition coefficient (Wildman–Crippen LogP) is 2.82. The van der Waals surface area contributed by atoms with Gasteiger partial charge in [-0.1, -0.05) is 0 Å². The molecule has 0 aliphatic heterocycles. The Labute approximate surface area is 169 Å². The van der Waals surface area contributed by atoms with E-state index >= 15 is 0 Å². The van der Waals surface area contributed by atoms with E-state index in [2.05, 4.69) is 10.6 Å². The minimum Gasteiger partial charge on any atom is -0.456 e. The van der Waals surface area contributed by atoms with Gasteiger partial charge in [0.2, 0.25) is 5.91 Å². The third kappa shape index (κ3) is 6.73. The number of benzene rings is 2. The van der Waals surface area contributed by atoms with Crippen molar-refractivity contribution >= 4 is 29.3 Å². The smallest absolute Gasteiger partial charge is 0.416 e. The van der Waals surface area contributed by atoms with Gasteiger partial charge in [0.25, 0.3) is 5.91 Å². The molecule has 30 heavy (non-hydrogen) atoms. The molecule has 0 heterocycles.